The molecule has 1 aliphatic heterocycles. The number of carbonyl (C=O) groups is 1. The summed E-state index contributed by atoms with van der Waals surface area (Å²) in [4.78, 5) is 22.8. The van der Waals surface area contributed by atoms with Gasteiger partial charge in [-0.25, -0.2) is 14.8 Å². The molecule has 1 N–H and O–H groups in total. The van der Waals surface area contributed by atoms with Crippen molar-refractivity contribution in [2.24, 2.45) is 0 Å². The third-order valence-corrected chi connectivity index (χ3v) is 4.40. The summed E-state index contributed by atoms with van der Waals surface area (Å²) < 4.78 is 5.11. The molecule has 1 aromatic heterocycles. The van der Waals surface area contributed by atoms with Crippen molar-refractivity contribution in [3.8, 4) is 0 Å². The number of rotatable bonds is 5. The average molecular weight is 340 g/mol. The van der Waals surface area contributed by atoms with E-state index in [1.165, 1.54) is 6.42 Å². The molecule has 1 saturated heterocycles. The first-order chi connectivity index (χ1) is 12.2. The molecule has 1 atom stereocenters. The molecule has 1 aromatic carbocycles. The van der Waals surface area contributed by atoms with Crippen molar-refractivity contribution >= 4 is 17.6 Å². The fourth-order valence-electron chi connectivity index (χ4n) is 3.18. The molecule has 1 unspecified atom stereocenters. The molecule has 0 bridgehead atoms. The topological polar surface area (TPSA) is 67.3 Å². The predicted molar refractivity (Wildman–Crippen MR) is 97.8 cm³/mol. The van der Waals surface area contributed by atoms with E-state index in [0.717, 1.165) is 30.6 Å². The van der Waals surface area contributed by atoms with E-state index in [0.29, 0.717) is 18.1 Å². The van der Waals surface area contributed by atoms with Gasteiger partial charge in [0.2, 0.25) is 5.95 Å². The lowest BCUT2D eigenvalue weighted by Gasteiger charge is -2.38. The normalized spacial score (nSPS) is 17.2. The van der Waals surface area contributed by atoms with Crippen LogP contribution in [0.25, 0.3) is 0 Å². The minimum Gasteiger partial charge on any atom is -0.462 e. The van der Waals surface area contributed by atoms with Crippen LogP contribution in [-0.2, 0) is 4.74 Å². The lowest BCUT2D eigenvalue weighted by molar-refractivity contribution is 0.0525. The smallest absolute Gasteiger partial charge is 0.338 e. The predicted octanol–water partition coefficient (Wildman–Crippen LogP) is 3.39. The zero-order valence-corrected chi connectivity index (χ0v) is 14.7. The highest BCUT2D eigenvalue weighted by molar-refractivity contribution is 5.91. The highest BCUT2D eigenvalue weighted by atomic mass is 16.5. The molecule has 2 heterocycles. The van der Waals surface area contributed by atoms with E-state index >= 15 is 0 Å². The number of hydrogen-bond donors (Lipinski definition) is 1. The second-order valence-corrected chi connectivity index (χ2v) is 6.14. The van der Waals surface area contributed by atoms with Crippen LogP contribution in [0, 0.1) is 6.92 Å². The van der Waals surface area contributed by atoms with Gasteiger partial charge in [0.05, 0.1) is 12.2 Å². The van der Waals surface area contributed by atoms with E-state index in [2.05, 4.69) is 26.3 Å². The number of nitrogens with one attached hydrogen (secondary N) is 1. The molecule has 1 fully saturated rings. The van der Waals surface area contributed by atoms with E-state index in [1.54, 1.807) is 18.5 Å². The first kappa shape index (κ1) is 17.2. The van der Waals surface area contributed by atoms with Crippen LogP contribution in [0.5, 0.6) is 0 Å². The van der Waals surface area contributed by atoms with Crippen molar-refractivity contribution in [1.29, 1.82) is 0 Å². The van der Waals surface area contributed by atoms with Gasteiger partial charge in [-0.3, -0.25) is 0 Å². The number of aryl methyl sites for hydroxylation is 1. The van der Waals surface area contributed by atoms with E-state index in [9.17, 15) is 4.79 Å². The van der Waals surface area contributed by atoms with Crippen LogP contribution in [0.4, 0.5) is 11.6 Å². The van der Waals surface area contributed by atoms with Crippen molar-refractivity contribution in [3.05, 3.63) is 47.8 Å². The number of carbonyl (C=O) groups excluding carboxylic acids is 1. The maximum atomic E-state index is 12.0. The summed E-state index contributed by atoms with van der Waals surface area (Å²) >= 11 is 0. The van der Waals surface area contributed by atoms with E-state index in [-0.39, 0.29) is 12.1 Å². The maximum absolute atomic E-state index is 12.0. The van der Waals surface area contributed by atoms with Crippen molar-refractivity contribution in [1.82, 2.24) is 9.97 Å². The van der Waals surface area contributed by atoms with Crippen LogP contribution < -0.4 is 10.2 Å². The molecule has 0 amide bonds. The summed E-state index contributed by atoms with van der Waals surface area (Å²) in [6.07, 6.45) is 6.95. The zero-order chi connectivity index (χ0) is 17.6. The number of hydrogen-bond acceptors (Lipinski definition) is 6. The molecule has 6 heteroatoms. The molecule has 132 valence electrons. The van der Waals surface area contributed by atoms with Crippen LogP contribution in [0.2, 0.25) is 0 Å². The minimum absolute atomic E-state index is 0.143. The summed E-state index contributed by atoms with van der Waals surface area (Å²) in [5.74, 6) is 0.372. The van der Waals surface area contributed by atoms with E-state index < -0.39 is 0 Å². The summed E-state index contributed by atoms with van der Waals surface area (Å²) in [5.41, 5.74) is 2.65. The van der Waals surface area contributed by atoms with E-state index in [4.69, 9.17) is 4.74 Å². The lowest BCUT2D eigenvalue weighted by Crippen LogP contribution is -2.45. The van der Waals surface area contributed by atoms with Gasteiger partial charge in [0.1, 0.15) is 6.17 Å². The van der Waals surface area contributed by atoms with Gasteiger partial charge in [-0.1, -0.05) is 0 Å². The molecule has 6 nitrogen and oxygen atoms in total. The molecular formula is C19H24N4O2. The third-order valence-electron chi connectivity index (χ3n) is 4.40. The summed E-state index contributed by atoms with van der Waals surface area (Å²) in [5, 5.41) is 3.42. The van der Waals surface area contributed by atoms with Crippen molar-refractivity contribution in [2.75, 3.05) is 23.4 Å². The largest absolute Gasteiger partial charge is 0.462 e. The van der Waals surface area contributed by atoms with Gasteiger partial charge in [0.25, 0.3) is 0 Å². The van der Waals surface area contributed by atoms with Gasteiger partial charge in [0, 0.05) is 24.6 Å². The van der Waals surface area contributed by atoms with E-state index in [1.807, 2.05) is 26.0 Å². The zero-order valence-electron chi connectivity index (χ0n) is 14.7. The minimum atomic E-state index is -0.266. The highest BCUT2D eigenvalue weighted by Gasteiger charge is 2.24. The Kier molecular flexibility index (Phi) is 5.48. The fourth-order valence-corrected chi connectivity index (χ4v) is 3.18. The fraction of sp³-hybridized carbons (Fsp3) is 0.421. The first-order valence-corrected chi connectivity index (χ1v) is 8.77. The molecule has 2 aromatic rings. The van der Waals surface area contributed by atoms with Crippen LogP contribution >= 0.6 is 0 Å². The number of benzene rings is 1. The third kappa shape index (κ3) is 4.07. The Morgan fingerprint density at radius 3 is 2.84 bits per heavy atom. The van der Waals surface area contributed by atoms with Crippen LogP contribution in [0.3, 0.4) is 0 Å². The molecule has 0 radical (unpaired) electrons. The number of aromatic nitrogens is 2. The maximum Gasteiger partial charge on any atom is 0.338 e. The van der Waals surface area contributed by atoms with Crippen molar-refractivity contribution < 1.29 is 9.53 Å². The Balaban J connectivity index is 1.80. The SMILES string of the molecule is CCOC(=O)c1ccc(N2CCCCC2Nc2ncccn2)cc1C. The molecule has 0 aliphatic carbocycles. The summed E-state index contributed by atoms with van der Waals surface area (Å²) in [6, 6.07) is 7.71. The van der Waals surface area contributed by atoms with Crippen molar-refractivity contribution in [2.45, 2.75) is 39.3 Å². The molecule has 3 rings (SSSR count). The van der Waals surface area contributed by atoms with Gasteiger partial charge >= 0.3 is 5.97 Å². The average Bonchev–Trinajstić information content (AvgIpc) is 2.63. The highest BCUT2D eigenvalue weighted by Crippen LogP contribution is 2.27. The first-order valence-electron chi connectivity index (χ1n) is 8.77. The molecule has 0 spiro atoms. The molecule has 1 aliphatic rings. The van der Waals surface area contributed by atoms with Gasteiger partial charge in [-0.15, -0.1) is 0 Å². The Bertz CT molecular complexity index is 721. The Morgan fingerprint density at radius 2 is 2.12 bits per heavy atom. The Morgan fingerprint density at radius 1 is 1.32 bits per heavy atom. The van der Waals surface area contributed by atoms with Crippen molar-refractivity contribution in [3.63, 3.8) is 0 Å². The summed E-state index contributed by atoms with van der Waals surface area (Å²) in [6.45, 7) is 5.11. The van der Waals surface area contributed by atoms with Crippen LogP contribution in [0.15, 0.2) is 36.7 Å². The number of anilines is 2. The van der Waals surface area contributed by atoms with Crippen LogP contribution in [0.1, 0.15) is 42.1 Å². The molecular weight excluding hydrogens is 316 g/mol. The van der Waals surface area contributed by atoms with Gasteiger partial charge in [0.15, 0.2) is 0 Å². The molecule has 0 saturated carbocycles. The standard InChI is InChI=1S/C19H24N4O2/c1-3-25-18(24)16-9-8-15(13-14(16)2)23-12-5-4-7-17(23)22-19-20-10-6-11-21-19/h6,8-11,13,17H,3-5,7,12H2,1-2H3,(H,20,21,22). The van der Waals surface area contributed by atoms with Gasteiger partial charge in [-0.2, -0.15) is 0 Å². The number of nitrogens with zero attached hydrogens (tertiary/aromatic N) is 3. The van der Waals surface area contributed by atoms with Gasteiger partial charge in [-0.05, 0) is 62.9 Å². The number of piperidine rings is 1. The number of ether oxygens (including phenoxy) is 1. The lowest BCUT2D eigenvalue weighted by atomic mass is 10.0. The quantitative estimate of drug-likeness (QED) is 0.842. The Hall–Kier alpha value is -2.63. The summed E-state index contributed by atoms with van der Waals surface area (Å²) in [7, 11) is 0. The monoisotopic (exact) mass is 340 g/mol. The second-order valence-electron chi connectivity index (χ2n) is 6.14. The Labute approximate surface area is 148 Å². The molecule has 25 heavy (non-hydrogen) atoms. The van der Waals surface area contributed by atoms with Gasteiger partial charge < -0.3 is 15.0 Å². The second kappa shape index (κ2) is 7.96. The van der Waals surface area contributed by atoms with Crippen LogP contribution in [-0.4, -0.2) is 35.3 Å². The number of esters is 1.